The second kappa shape index (κ2) is 9.08. The van der Waals surface area contributed by atoms with Crippen LogP contribution in [-0.4, -0.2) is 11.7 Å². The van der Waals surface area contributed by atoms with Crippen molar-refractivity contribution in [3.05, 3.63) is 84.4 Å². The number of para-hydroxylation sites is 2. The lowest BCUT2D eigenvalue weighted by Crippen LogP contribution is -2.14. The second-order valence-corrected chi connectivity index (χ2v) is 5.33. The van der Waals surface area contributed by atoms with Crippen LogP contribution < -0.4 is 15.2 Å². The van der Waals surface area contributed by atoms with Gasteiger partial charge in [-0.15, -0.1) is 12.4 Å². The van der Waals surface area contributed by atoms with E-state index in [1.54, 1.807) is 12.1 Å². The lowest BCUT2D eigenvalue weighted by Gasteiger charge is -2.16. The van der Waals surface area contributed by atoms with E-state index in [2.05, 4.69) is 0 Å². The van der Waals surface area contributed by atoms with Crippen LogP contribution in [0.3, 0.4) is 0 Å². The Morgan fingerprint density at radius 1 is 0.760 bits per heavy atom. The van der Waals surface area contributed by atoms with E-state index in [9.17, 15) is 5.11 Å². The van der Waals surface area contributed by atoms with Crippen LogP contribution in [0.5, 0.6) is 23.0 Å². The van der Waals surface area contributed by atoms with Gasteiger partial charge in [0.2, 0.25) is 0 Å². The van der Waals surface area contributed by atoms with Crippen molar-refractivity contribution in [2.24, 2.45) is 5.73 Å². The first-order chi connectivity index (χ1) is 11.8. The Kier molecular flexibility index (Phi) is 6.83. The predicted octanol–water partition coefficient (Wildman–Crippen LogP) is 4.69. The van der Waals surface area contributed by atoms with E-state index in [4.69, 9.17) is 15.2 Å². The summed E-state index contributed by atoms with van der Waals surface area (Å²) < 4.78 is 11.9. The van der Waals surface area contributed by atoms with Gasteiger partial charge in [-0.05, 0) is 42.0 Å². The van der Waals surface area contributed by atoms with Gasteiger partial charge in [-0.3, -0.25) is 0 Å². The molecule has 4 nitrogen and oxygen atoms in total. The van der Waals surface area contributed by atoms with E-state index >= 15 is 0 Å². The molecular formula is C20H20ClNO3. The fourth-order valence-electron chi connectivity index (χ4n) is 2.26. The molecule has 0 aliphatic carbocycles. The van der Waals surface area contributed by atoms with Crippen LogP contribution in [0.15, 0.2) is 78.9 Å². The molecule has 3 aromatic rings. The molecule has 1 atom stereocenters. The smallest absolute Gasteiger partial charge is 0.170 e. The van der Waals surface area contributed by atoms with Crippen LogP contribution in [0.1, 0.15) is 11.6 Å². The molecule has 0 saturated carbocycles. The Balaban J connectivity index is 0.00000225. The third-order valence-corrected chi connectivity index (χ3v) is 3.53. The highest BCUT2D eigenvalue weighted by Crippen LogP contribution is 2.36. The van der Waals surface area contributed by atoms with E-state index in [-0.39, 0.29) is 19.0 Å². The fourth-order valence-corrected chi connectivity index (χ4v) is 2.26. The highest BCUT2D eigenvalue weighted by Gasteiger charge is 2.12. The molecule has 0 aromatic heterocycles. The first-order valence-corrected chi connectivity index (χ1v) is 7.72. The largest absolute Gasteiger partial charge is 0.453 e. The summed E-state index contributed by atoms with van der Waals surface area (Å²) in [6.07, 6.45) is 0. The third-order valence-electron chi connectivity index (χ3n) is 3.53. The third kappa shape index (κ3) is 4.97. The first kappa shape index (κ1) is 18.8. The Hall–Kier alpha value is -2.53. The molecule has 3 aromatic carbocycles. The van der Waals surface area contributed by atoms with Crippen LogP contribution in [0.25, 0.3) is 0 Å². The summed E-state index contributed by atoms with van der Waals surface area (Å²) in [7, 11) is 0. The quantitative estimate of drug-likeness (QED) is 0.672. The van der Waals surface area contributed by atoms with Crippen LogP contribution in [0, 0.1) is 0 Å². The molecule has 0 aliphatic rings. The first-order valence-electron chi connectivity index (χ1n) is 7.72. The lowest BCUT2D eigenvalue weighted by molar-refractivity contribution is 0.267. The minimum Gasteiger partial charge on any atom is -0.453 e. The number of nitrogens with two attached hydrogens (primary N) is 1. The lowest BCUT2D eigenvalue weighted by atomic mass is 10.1. The zero-order valence-corrected chi connectivity index (χ0v) is 14.4. The Labute approximate surface area is 153 Å². The van der Waals surface area contributed by atoms with E-state index in [0.29, 0.717) is 17.2 Å². The molecule has 0 aliphatic heterocycles. The summed E-state index contributed by atoms with van der Waals surface area (Å²) in [5.74, 6) is 2.55. The number of hydrogen-bond donors (Lipinski definition) is 2. The van der Waals surface area contributed by atoms with E-state index in [1.165, 1.54) is 0 Å². The number of halogens is 1. The SMILES string of the molecule is Cl.N[C@@H](CO)c1ccc(Oc2ccccc2)c(Oc2ccccc2)c1. The molecule has 25 heavy (non-hydrogen) atoms. The monoisotopic (exact) mass is 357 g/mol. The molecular weight excluding hydrogens is 338 g/mol. The molecule has 0 heterocycles. The van der Waals surface area contributed by atoms with Crippen LogP contribution in [0.2, 0.25) is 0 Å². The highest BCUT2D eigenvalue weighted by atomic mass is 35.5. The van der Waals surface area contributed by atoms with Crippen molar-refractivity contribution in [1.29, 1.82) is 0 Å². The maximum atomic E-state index is 9.28. The summed E-state index contributed by atoms with van der Waals surface area (Å²) in [5.41, 5.74) is 6.69. The van der Waals surface area contributed by atoms with Crippen LogP contribution in [0.4, 0.5) is 0 Å². The second-order valence-electron chi connectivity index (χ2n) is 5.33. The van der Waals surface area contributed by atoms with Gasteiger partial charge in [-0.2, -0.15) is 0 Å². The van der Waals surface area contributed by atoms with Gasteiger partial charge in [-0.1, -0.05) is 42.5 Å². The van der Waals surface area contributed by atoms with Crippen molar-refractivity contribution in [1.82, 2.24) is 0 Å². The summed E-state index contributed by atoms with van der Waals surface area (Å²) in [6.45, 7) is -0.135. The number of hydrogen-bond acceptors (Lipinski definition) is 4. The zero-order chi connectivity index (χ0) is 16.8. The minimum atomic E-state index is -0.464. The van der Waals surface area contributed by atoms with Gasteiger partial charge in [0, 0.05) is 0 Å². The predicted molar refractivity (Wildman–Crippen MR) is 101 cm³/mol. The van der Waals surface area contributed by atoms with Gasteiger partial charge in [0.1, 0.15) is 11.5 Å². The van der Waals surface area contributed by atoms with E-state index in [1.807, 2.05) is 66.7 Å². The van der Waals surface area contributed by atoms with Crippen molar-refractivity contribution in [2.75, 3.05) is 6.61 Å². The summed E-state index contributed by atoms with van der Waals surface area (Å²) in [5, 5.41) is 9.28. The topological polar surface area (TPSA) is 64.7 Å². The maximum absolute atomic E-state index is 9.28. The summed E-state index contributed by atoms with van der Waals surface area (Å²) in [6, 6.07) is 23.9. The molecule has 3 N–H and O–H groups in total. The van der Waals surface area contributed by atoms with E-state index < -0.39 is 6.04 Å². The van der Waals surface area contributed by atoms with Gasteiger partial charge >= 0.3 is 0 Å². The molecule has 0 bridgehead atoms. The van der Waals surface area contributed by atoms with Gasteiger partial charge in [-0.25, -0.2) is 0 Å². The fraction of sp³-hybridized carbons (Fsp3) is 0.100. The summed E-state index contributed by atoms with van der Waals surface area (Å²) in [4.78, 5) is 0. The molecule has 5 heteroatoms. The molecule has 0 amide bonds. The Morgan fingerprint density at radius 2 is 1.28 bits per heavy atom. The number of aliphatic hydroxyl groups is 1. The molecule has 130 valence electrons. The standard InChI is InChI=1S/C20H19NO3.ClH/c21-18(14-22)15-11-12-19(23-16-7-3-1-4-8-16)20(13-15)24-17-9-5-2-6-10-17;/h1-13,18,22H,14,21H2;1H/t18-;/m0./s1. The molecule has 0 fully saturated rings. The molecule has 0 radical (unpaired) electrons. The minimum absolute atomic E-state index is 0. The van der Waals surface area contributed by atoms with Gasteiger partial charge in [0.05, 0.1) is 12.6 Å². The maximum Gasteiger partial charge on any atom is 0.170 e. The number of rotatable bonds is 6. The van der Waals surface area contributed by atoms with Gasteiger partial charge < -0.3 is 20.3 Å². The highest BCUT2D eigenvalue weighted by molar-refractivity contribution is 5.85. The molecule has 3 rings (SSSR count). The summed E-state index contributed by atoms with van der Waals surface area (Å²) >= 11 is 0. The van der Waals surface area contributed by atoms with Crippen molar-refractivity contribution < 1.29 is 14.6 Å². The molecule has 0 unspecified atom stereocenters. The Bertz CT molecular complexity index is 781. The van der Waals surface area contributed by atoms with E-state index in [0.717, 1.165) is 11.3 Å². The van der Waals surface area contributed by atoms with Crippen LogP contribution >= 0.6 is 12.4 Å². The van der Waals surface area contributed by atoms with Gasteiger partial charge in [0.25, 0.3) is 0 Å². The number of ether oxygens (including phenoxy) is 2. The molecule has 0 saturated heterocycles. The number of benzene rings is 3. The normalized spacial score (nSPS) is 11.3. The van der Waals surface area contributed by atoms with Crippen molar-refractivity contribution in [3.8, 4) is 23.0 Å². The molecule has 0 spiro atoms. The van der Waals surface area contributed by atoms with Crippen molar-refractivity contribution in [3.63, 3.8) is 0 Å². The zero-order valence-electron chi connectivity index (χ0n) is 13.5. The van der Waals surface area contributed by atoms with Gasteiger partial charge in [0.15, 0.2) is 11.5 Å². The van der Waals surface area contributed by atoms with Crippen molar-refractivity contribution in [2.45, 2.75) is 6.04 Å². The Morgan fingerprint density at radius 3 is 1.80 bits per heavy atom. The average molecular weight is 358 g/mol. The average Bonchev–Trinajstić information content (AvgIpc) is 2.64. The number of aliphatic hydroxyl groups excluding tert-OH is 1. The van der Waals surface area contributed by atoms with Crippen molar-refractivity contribution >= 4 is 12.4 Å². The van der Waals surface area contributed by atoms with Crippen LogP contribution in [-0.2, 0) is 0 Å².